The molecule has 0 saturated heterocycles. The summed E-state index contributed by atoms with van der Waals surface area (Å²) in [6.45, 7) is 0. The number of rotatable bonds is 8. The minimum Gasteiger partial charge on any atom is -0.493 e. The molecule has 9 heteroatoms. The number of fused-ring (bicyclic) bond motifs is 1. The number of nitrogens with zero attached hydrogens (tertiary/aromatic N) is 3. The number of aryl methyl sites for hydroxylation is 1. The van der Waals surface area contributed by atoms with Crippen LogP contribution in [0.2, 0.25) is 5.02 Å². The van der Waals surface area contributed by atoms with E-state index in [2.05, 4.69) is 16.0 Å². The van der Waals surface area contributed by atoms with E-state index in [1.807, 2.05) is 54.2 Å². The highest BCUT2D eigenvalue weighted by molar-refractivity contribution is 7.99. The number of halogens is 1. The third kappa shape index (κ3) is 4.62. The van der Waals surface area contributed by atoms with Crippen molar-refractivity contribution >= 4 is 34.5 Å². The quantitative estimate of drug-likeness (QED) is 0.226. The summed E-state index contributed by atoms with van der Waals surface area (Å²) in [6.07, 6.45) is 6.12. The fourth-order valence-corrected chi connectivity index (χ4v) is 5.13. The van der Waals surface area contributed by atoms with Crippen molar-refractivity contribution in [2.75, 3.05) is 21.3 Å². The van der Waals surface area contributed by atoms with E-state index < -0.39 is 0 Å². The lowest BCUT2D eigenvalue weighted by molar-refractivity contribution is 0.324. The highest BCUT2D eigenvalue weighted by atomic mass is 35.5. The van der Waals surface area contributed by atoms with Gasteiger partial charge in [-0.15, -0.1) is 0 Å². The predicted octanol–water partition coefficient (Wildman–Crippen LogP) is 6.65. The molecule has 0 saturated carbocycles. The average Bonchev–Trinajstić information content (AvgIpc) is 3.51. The Labute approximate surface area is 218 Å². The zero-order chi connectivity index (χ0) is 25.2. The van der Waals surface area contributed by atoms with E-state index in [9.17, 15) is 0 Å². The Morgan fingerprint density at radius 1 is 0.944 bits per heavy atom. The molecule has 0 bridgehead atoms. The Bertz CT molecular complexity index is 1520. The summed E-state index contributed by atoms with van der Waals surface area (Å²) < 4.78 is 24.7. The highest BCUT2D eigenvalue weighted by Crippen LogP contribution is 2.42. The van der Waals surface area contributed by atoms with E-state index in [1.165, 1.54) is 11.8 Å². The molecule has 0 aliphatic carbocycles. The van der Waals surface area contributed by atoms with Crippen LogP contribution in [0, 0.1) is 0 Å². The maximum absolute atomic E-state index is 6.62. The van der Waals surface area contributed by atoms with Gasteiger partial charge in [0.25, 0.3) is 0 Å². The molecule has 36 heavy (non-hydrogen) atoms. The lowest BCUT2D eigenvalue weighted by Crippen LogP contribution is -1.95. The lowest BCUT2D eigenvalue weighted by atomic mass is 10.1. The first-order valence-electron chi connectivity index (χ1n) is 11.1. The Morgan fingerprint density at radius 3 is 2.36 bits per heavy atom. The van der Waals surface area contributed by atoms with E-state index in [1.54, 1.807) is 33.7 Å². The maximum atomic E-state index is 6.62. The molecule has 7 nitrogen and oxygen atoms in total. The first-order valence-corrected chi connectivity index (χ1v) is 12.3. The van der Waals surface area contributed by atoms with Gasteiger partial charge in [-0.05, 0) is 35.9 Å². The summed E-state index contributed by atoms with van der Waals surface area (Å²) in [6, 6.07) is 13.7. The number of imidazole rings is 1. The highest BCUT2D eigenvalue weighted by Gasteiger charge is 2.18. The van der Waals surface area contributed by atoms with Crippen molar-refractivity contribution in [1.82, 2.24) is 14.5 Å². The van der Waals surface area contributed by atoms with E-state index in [0.29, 0.717) is 34.5 Å². The second-order valence-corrected chi connectivity index (χ2v) is 9.49. The van der Waals surface area contributed by atoms with Gasteiger partial charge in [0.15, 0.2) is 22.2 Å². The number of hydrogen-bond acceptors (Lipinski definition) is 7. The summed E-state index contributed by atoms with van der Waals surface area (Å²) >= 11 is 8.16. The monoisotopic (exact) mass is 521 g/mol. The van der Waals surface area contributed by atoms with Gasteiger partial charge in [0.1, 0.15) is 11.3 Å². The second kappa shape index (κ2) is 10.2. The number of hydrogen-bond donors (Lipinski definition) is 0. The van der Waals surface area contributed by atoms with Gasteiger partial charge < -0.3 is 23.2 Å². The molecule has 0 aliphatic rings. The number of pyridine rings is 1. The zero-order valence-electron chi connectivity index (χ0n) is 20.2. The van der Waals surface area contributed by atoms with Gasteiger partial charge in [-0.2, -0.15) is 0 Å². The van der Waals surface area contributed by atoms with Gasteiger partial charge in [-0.3, -0.25) is 4.98 Å². The molecular weight excluding hydrogens is 498 g/mol. The van der Waals surface area contributed by atoms with Gasteiger partial charge in [0, 0.05) is 54.1 Å². The van der Waals surface area contributed by atoms with Gasteiger partial charge in [0.05, 0.1) is 26.4 Å². The van der Waals surface area contributed by atoms with Gasteiger partial charge in [0.2, 0.25) is 5.75 Å². The molecular formula is C27H24ClN3O4S. The summed E-state index contributed by atoms with van der Waals surface area (Å²) in [4.78, 5) is 9.83. The fourth-order valence-electron chi connectivity index (χ4n) is 4.00. The molecule has 0 aliphatic heterocycles. The Morgan fingerprint density at radius 2 is 1.72 bits per heavy atom. The summed E-state index contributed by atoms with van der Waals surface area (Å²) in [5, 5.41) is 1.57. The molecule has 5 aromatic rings. The van der Waals surface area contributed by atoms with Crippen LogP contribution in [0.5, 0.6) is 17.2 Å². The third-order valence-corrected chi connectivity index (χ3v) is 7.39. The van der Waals surface area contributed by atoms with Crippen LogP contribution in [-0.2, 0) is 13.5 Å². The molecule has 2 aromatic carbocycles. The van der Waals surface area contributed by atoms with Crippen LogP contribution in [0.3, 0.4) is 0 Å². The molecule has 0 fully saturated rings. The molecule has 3 aromatic heterocycles. The third-order valence-electron chi connectivity index (χ3n) is 5.81. The van der Waals surface area contributed by atoms with Crippen molar-refractivity contribution in [2.24, 2.45) is 7.05 Å². The first kappa shape index (κ1) is 24.1. The van der Waals surface area contributed by atoms with Crippen LogP contribution in [0.4, 0.5) is 0 Å². The fraction of sp³-hybridized carbons (Fsp3) is 0.185. The van der Waals surface area contributed by atoms with Crippen LogP contribution in [0.25, 0.3) is 22.4 Å². The van der Waals surface area contributed by atoms with Crippen molar-refractivity contribution in [2.45, 2.75) is 16.5 Å². The molecule has 0 radical (unpaired) electrons. The Kier molecular flexibility index (Phi) is 6.80. The normalized spacial score (nSPS) is 11.1. The molecule has 5 rings (SSSR count). The summed E-state index contributed by atoms with van der Waals surface area (Å²) in [5.74, 6) is 2.29. The molecule has 0 spiro atoms. The van der Waals surface area contributed by atoms with E-state index in [0.717, 1.165) is 37.8 Å². The lowest BCUT2D eigenvalue weighted by Gasteiger charge is -2.13. The minimum absolute atomic E-state index is 0.528. The molecule has 0 amide bonds. The number of methoxy groups -OCH3 is 3. The van der Waals surface area contributed by atoms with Crippen molar-refractivity contribution in [1.29, 1.82) is 0 Å². The first-order chi connectivity index (χ1) is 17.5. The van der Waals surface area contributed by atoms with Crippen molar-refractivity contribution in [3.8, 4) is 28.6 Å². The standard InChI is InChI=1S/C27H24ClN3O4S/c1-31-10-9-30-27(31)36-24-6-5-16(12-19(24)28)11-17-7-8-29-20-15-21(35-25(17)20)18-13-22(32-2)26(34-4)23(14-18)33-3/h5-10,12-15H,11H2,1-4H3. The number of furan rings is 1. The average molecular weight is 522 g/mol. The number of ether oxygens (including phenoxy) is 3. The molecule has 0 N–H and O–H groups in total. The maximum Gasteiger partial charge on any atom is 0.203 e. The summed E-state index contributed by atoms with van der Waals surface area (Å²) in [7, 11) is 6.71. The zero-order valence-corrected chi connectivity index (χ0v) is 21.8. The summed E-state index contributed by atoms with van der Waals surface area (Å²) in [5.41, 5.74) is 4.38. The smallest absolute Gasteiger partial charge is 0.203 e. The molecule has 184 valence electrons. The van der Waals surface area contributed by atoms with Crippen LogP contribution in [0.15, 0.2) is 75.5 Å². The van der Waals surface area contributed by atoms with Gasteiger partial charge in [-0.25, -0.2) is 4.98 Å². The SMILES string of the molecule is COc1cc(-c2cc3nccc(Cc4ccc(Sc5nccn5C)c(Cl)c4)c3o2)cc(OC)c1OC. The topological polar surface area (TPSA) is 71.5 Å². The van der Waals surface area contributed by atoms with Gasteiger partial charge >= 0.3 is 0 Å². The van der Waals surface area contributed by atoms with Crippen LogP contribution >= 0.6 is 23.4 Å². The van der Waals surface area contributed by atoms with Crippen molar-refractivity contribution in [3.05, 3.63) is 77.2 Å². The molecule has 0 unspecified atom stereocenters. The predicted molar refractivity (Wildman–Crippen MR) is 141 cm³/mol. The Balaban J connectivity index is 1.46. The van der Waals surface area contributed by atoms with Gasteiger partial charge in [-0.1, -0.05) is 29.4 Å². The number of benzene rings is 2. The Hall–Kier alpha value is -3.62. The van der Waals surface area contributed by atoms with E-state index in [-0.39, 0.29) is 0 Å². The molecule has 3 heterocycles. The van der Waals surface area contributed by atoms with Crippen LogP contribution in [0.1, 0.15) is 11.1 Å². The van der Waals surface area contributed by atoms with Crippen molar-refractivity contribution in [3.63, 3.8) is 0 Å². The van der Waals surface area contributed by atoms with E-state index >= 15 is 0 Å². The minimum atomic E-state index is 0.528. The second-order valence-electron chi connectivity index (χ2n) is 8.07. The van der Waals surface area contributed by atoms with E-state index in [4.69, 9.17) is 30.2 Å². The van der Waals surface area contributed by atoms with Crippen LogP contribution in [-0.4, -0.2) is 35.9 Å². The largest absolute Gasteiger partial charge is 0.493 e. The molecule has 0 atom stereocenters. The van der Waals surface area contributed by atoms with Crippen molar-refractivity contribution < 1.29 is 18.6 Å². The van der Waals surface area contributed by atoms with Crippen LogP contribution < -0.4 is 14.2 Å². The number of aromatic nitrogens is 3.